The van der Waals surface area contributed by atoms with E-state index in [1.54, 1.807) is 0 Å². The summed E-state index contributed by atoms with van der Waals surface area (Å²) in [5.41, 5.74) is 5.21. The van der Waals surface area contributed by atoms with E-state index in [-0.39, 0.29) is 11.9 Å². The second kappa shape index (κ2) is 4.66. The van der Waals surface area contributed by atoms with Crippen molar-refractivity contribution >= 4 is 10.0 Å². The molecule has 0 fully saturated rings. The summed E-state index contributed by atoms with van der Waals surface area (Å²) in [5, 5.41) is 4.79. The second-order valence-electron chi connectivity index (χ2n) is 2.26. The minimum absolute atomic E-state index is 0.166. The van der Waals surface area contributed by atoms with Crippen LogP contribution in [0.25, 0.3) is 0 Å². The van der Waals surface area contributed by atoms with Gasteiger partial charge in [0.05, 0.1) is 11.9 Å². The summed E-state index contributed by atoms with van der Waals surface area (Å²) in [4.78, 5) is 0. The first kappa shape index (κ1) is 10.8. The quantitative estimate of drug-likeness (QED) is 0.549. The van der Waals surface area contributed by atoms with E-state index < -0.39 is 10.0 Å². The molecule has 0 aliphatic heterocycles. The topological polar surface area (TPSA) is 95.4 Å². The van der Waals surface area contributed by atoms with Crippen LogP contribution in [0.4, 0.5) is 0 Å². The van der Waals surface area contributed by atoms with Crippen LogP contribution in [0.2, 0.25) is 0 Å². The number of primary sulfonamides is 1. The van der Waals surface area contributed by atoms with Crippen LogP contribution in [0.5, 0.6) is 0 Å². The van der Waals surface area contributed by atoms with E-state index in [2.05, 4.69) is 0 Å². The van der Waals surface area contributed by atoms with Gasteiger partial charge in [0.25, 0.3) is 0 Å². The van der Waals surface area contributed by atoms with E-state index >= 15 is 0 Å². The van der Waals surface area contributed by atoms with Crippen molar-refractivity contribution in [2.45, 2.75) is 12.5 Å². The van der Waals surface area contributed by atoms with Gasteiger partial charge in [-0.1, -0.05) is 0 Å². The van der Waals surface area contributed by atoms with E-state index in [1.807, 2.05) is 0 Å². The Morgan fingerprint density at radius 3 is 2.36 bits per heavy atom. The summed E-state index contributed by atoms with van der Waals surface area (Å²) >= 11 is 0. The lowest BCUT2D eigenvalue weighted by molar-refractivity contribution is 0.115. The minimum atomic E-state index is -3.44. The summed E-state index contributed by atoms with van der Waals surface area (Å²) in [7, 11) is -2.00. The van der Waals surface area contributed by atoms with Crippen LogP contribution in [0.1, 0.15) is 6.42 Å². The number of rotatable bonds is 5. The fourth-order valence-corrected chi connectivity index (χ4v) is 1.54. The monoisotopic (exact) mass is 182 g/mol. The van der Waals surface area contributed by atoms with Crippen LogP contribution >= 0.6 is 0 Å². The molecule has 0 aromatic carbocycles. The normalized spacial score (nSPS) is 14.8. The van der Waals surface area contributed by atoms with Gasteiger partial charge in [0.15, 0.2) is 0 Å². The van der Waals surface area contributed by atoms with Gasteiger partial charge in [-0.05, 0) is 13.0 Å². The molecule has 0 aliphatic rings. The van der Waals surface area contributed by atoms with E-state index in [0.717, 1.165) is 0 Å². The van der Waals surface area contributed by atoms with Gasteiger partial charge in [-0.25, -0.2) is 13.6 Å². The minimum Gasteiger partial charge on any atom is -0.380 e. The Hall–Kier alpha value is -0.170. The zero-order chi connectivity index (χ0) is 8.91. The standard InChI is InChI=1S/C5H14N2O3S/c1-10-5(2-3-6)4-11(7,8)9/h5H,2-4,6H2,1H3,(H2,7,8,9). The fourth-order valence-electron chi connectivity index (χ4n) is 0.714. The smallest absolute Gasteiger partial charge is 0.211 e. The lowest BCUT2D eigenvalue weighted by Crippen LogP contribution is -2.29. The first-order valence-electron chi connectivity index (χ1n) is 3.23. The number of ether oxygens (including phenoxy) is 1. The average Bonchev–Trinajstić information content (AvgIpc) is 1.84. The third kappa shape index (κ3) is 6.24. The maximum absolute atomic E-state index is 10.5. The van der Waals surface area contributed by atoms with Crippen LogP contribution in [-0.4, -0.2) is 33.9 Å². The summed E-state index contributed by atoms with van der Waals surface area (Å²) in [6.45, 7) is 0.397. The maximum atomic E-state index is 10.5. The molecule has 0 radical (unpaired) electrons. The third-order valence-electron chi connectivity index (χ3n) is 1.24. The molecule has 0 spiro atoms. The Morgan fingerprint density at radius 1 is 1.55 bits per heavy atom. The van der Waals surface area contributed by atoms with Gasteiger partial charge in [0.2, 0.25) is 10.0 Å². The lowest BCUT2D eigenvalue weighted by atomic mass is 10.3. The van der Waals surface area contributed by atoms with Gasteiger partial charge in [-0.3, -0.25) is 0 Å². The molecule has 0 saturated carbocycles. The van der Waals surface area contributed by atoms with Crippen molar-refractivity contribution in [3.63, 3.8) is 0 Å². The molecular weight excluding hydrogens is 168 g/mol. The van der Waals surface area contributed by atoms with Crippen LogP contribution < -0.4 is 10.9 Å². The molecule has 11 heavy (non-hydrogen) atoms. The van der Waals surface area contributed by atoms with E-state index in [4.69, 9.17) is 15.6 Å². The third-order valence-corrected chi connectivity index (χ3v) is 2.08. The van der Waals surface area contributed by atoms with Gasteiger partial charge in [0.1, 0.15) is 0 Å². The van der Waals surface area contributed by atoms with Crippen molar-refractivity contribution in [3.8, 4) is 0 Å². The predicted molar refractivity (Wildman–Crippen MR) is 42.4 cm³/mol. The maximum Gasteiger partial charge on any atom is 0.211 e. The van der Waals surface area contributed by atoms with Crippen LogP contribution in [0, 0.1) is 0 Å². The first-order chi connectivity index (χ1) is 4.99. The first-order valence-corrected chi connectivity index (χ1v) is 4.94. The molecule has 1 atom stereocenters. The number of sulfonamides is 1. The summed E-state index contributed by atoms with van der Waals surface area (Å²) in [6, 6.07) is 0. The molecule has 0 aliphatic carbocycles. The van der Waals surface area contributed by atoms with Gasteiger partial charge in [0, 0.05) is 7.11 Å². The van der Waals surface area contributed by atoms with Crippen molar-refractivity contribution in [1.82, 2.24) is 0 Å². The molecule has 0 bridgehead atoms. The summed E-state index contributed by atoms with van der Waals surface area (Å²) in [6.07, 6.45) is 0.127. The largest absolute Gasteiger partial charge is 0.380 e. The zero-order valence-electron chi connectivity index (χ0n) is 6.49. The Labute approximate surface area is 66.8 Å². The lowest BCUT2D eigenvalue weighted by Gasteiger charge is -2.11. The SMILES string of the molecule is COC(CCN)CS(N)(=O)=O. The van der Waals surface area contributed by atoms with E-state index in [1.165, 1.54) is 7.11 Å². The predicted octanol–water partition coefficient (Wildman–Crippen LogP) is -1.36. The highest BCUT2D eigenvalue weighted by molar-refractivity contribution is 7.89. The van der Waals surface area contributed by atoms with E-state index in [0.29, 0.717) is 13.0 Å². The van der Waals surface area contributed by atoms with Crippen molar-refractivity contribution in [3.05, 3.63) is 0 Å². The molecule has 6 heteroatoms. The molecule has 4 N–H and O–H groups in total. The molecule has 5 nitrogen and oxygen atoms in total. The summed E-state index contributed by atoms with van der Waals surface area (Å²) < 4.78 is 25.9. The van der Waals surface area contributed by atoms with Crippen molar-refractivity contribution in [1.29, 1.82) is 0 Å². The Balaban J connectivity index is 3.88. The Kier molecular flexibility index (Phi) is 4.58. The molecule has 0 saturated heterocycles. The van der Waals surface area contributed by atoms with E-state index in [9.17, 15) is 8.42 Å². The number of nitrogens with two attached hydrogens (primary N) is 2. The Bertz CT molecular complexity index is 190. The molecule has 0 rings (SSSR count). The number of methoxy groups -OCH3 is 1. The Morgan fingerprint density at radius 2 is 2.09 bits per heavy atom. The highest BCUT2D eigenvalue weighted by atomic mass is 32.2. The van der Waals surface area contributed by atoms with Gasteiger partial charge in [-0.2, -0.15) is 0 Å². The van der Waals surface area contributed by atoms with Gasteiger partial charge in [-0.15, -0.1) is 0 Å². The fraction of sp³-hybridized carbons (Fsp3) is 1.00. The molecule has 0 amide bonds. The van der Waals surface area contributed by atoms with Crippen molar-refractivity contribution in [2.75, 3.05) is 19.4 Å². The zero-order valence-corrected chi connectivity index (χ0v) is 7.30. The summed E-state index contributed by atoms with van der Waals surface area (Å²) in [5.74, 6) is -0.166. The molecule has 0 heterocycles. The van der Waals surface area contributed by atoms with Crippen molar-refractivity contribution < 1.29 is 13.2 Å². The van der Waals surface area contributed by atoms with Gasteiger partial charge < -0.3 is 10.5 Å². The molecule has 0 aromatic rings. The van der Waals surface area contributed by atoms with Crippen molar-refractivity contribution in [2.24, 2.45) is 10.9 Å². The van der Waals surface area contributed by atoms with Crippen LogP contribution in [0.15, 0.2) is 0 Å². The molecular formula is C5H14N2O3S. The number of hydrogen-bond donors (Lipinski definition) is 2. The van der Waals surface area contributed by atoms with Crippen LogP contribution in [0.3, 0.4) is 0 Å². The molecule has 1 unspecified atom stereocenters. The number of hydrogen-bond acceptors (Lipinski definition) is 4. The van der Waals surface area contributed by atoms with Gasteiger partial charge >= 0.3 is 0 Å². The average molecular weight is 182 g/mol. The van der Waals surface area contributed by atoms with Crippen LogP contribution in [-0.2, 0) is 14.8 Å². The highest BCUT2D eigenvalue weighted by Gasteiger charge is 2.13. The molecule has 68 valence electrons. The molecule has 0 aromatic heterocycles. The highest BCUT2D eigenvalue weighted by Crippen LogP contribution is 1.97. The second-order valence-corrected chi connectivity index (χ2v) is 3.92.